The number of nitrogens with zero attached hydrogens (tertiary/aromatic N) is 1. The van der Waals surface area contributed by atoms with Crippen LogP contribution in [-0.2, 0) is 19.4 Å². The molecule has 3 aromatic carbocycles. The average molecular weight is 403 g/mol. The molecule has 0 atom stereocenters. The summed E-state index contributed by atoms with van der Waals surface area (Å²) in [4.78, 5) is 12.2. The lowest BCUT2D eigenvalue weighted by Gasteiger charge is -2.13. The van der Waals surface area contributed by atoms with E-state index in [0.717, 1.165) is 16.7 Å². The highest BCUT2D eigenvalue weighted by Gasteiger charge is 2.07. The summed E-state index contributed by atoms with van der Waals surface area (Å²) in [5.41, 5.74) is 3.39. The second kappa shape index (κ2) is 10.6. The van der Waals surface area contributed by atoms with E-state index in [-0.39, 0.29) is 11.8 Å². The fourth-order valence-corrected chi connectivity index (χ4v) is 2.86. The summed E-state index contributed by atoms with van der Waals surface area (Å²) >= 11 is 0. The van der Waals surface area contributed by atoms with E-state index < -0.39 is 0 Å². The van der Waals surface area contributed by atoms with Crippen molar-refractivity contribution in [3.05, 3.63) is 95.3 Å². The van der Waals surface area contributed by atoms with Crippen LogP contribution in [0, 0.1) is 17.1 Å². The minimum absolute atomic E-state index is 0.276. The number of carbonyl (C=O) groups is 1. The van der Waals surface area contributed by atoms with Crippen LogP contribution in [0.2, 0.25) is 0 Å². The van der Waals surface area contributed by atoms with Crippen LogP contribution in [0.15, 0.2) is 72.8 Å². The summed E-state index contributed by atoms with van der Waals surface area (Å²) in [6.07, 6.45) is 0.976. The Morgan fingerprint density at radius 2 is 1.67 bits per heavy atom. The molecule has 0 saturated heterocycles. The lowest BCUT2D eigenvalue weighted by Crippen LogP contribution is -2.30. The maximum absolute atomic E-state index is 12.9. The number of hydrogen-bond acceptors (Lipinski definition) is 3. The van der Waals surface area contributed by atoms with Gasteiger partial charge >= 0.3 is 6.03 Å². The van der Waals surface area contributed by atoms with Gasteiger partial charge in [-0.15, -0.1) is 0 Å². The molecule has 0 bridgehead atoms. The van der Waals surface area contributed by atoms with Gasteiger partial charge in [0.15, 0.2) is 0 Å². The van der Waals surface area contributed by atoms with Crippen molar-refractivity contribution in [2.24, 2.45) is 0 Å². The lowest BCUT2D eigenvalue weighted by atomic mass is 10.1. The predicted molar refractivity (Wildman–Crippen MR) is 114 cm³/mol. The quantitative estimate of drug-likeness (QED) is 0.565. The van der Waals surface area contributed by atoms with Crippen molar-refractivity contribution in [3.8, 4) is 11.8 Å². The van der Waals surface area contributed by atoms with Gasteiger partial charge in [0.05, 0.1) is 12.5 Å². The van der Waals surface area contributed by atoms with Gasteiger partial charge in [0.2, 0.25) is 0 Å². The molecule has 6 heteroatoms. The van der Waals surface area contributed by atoms with Gasteiger partial charge in [-0.25, -0.2) is 9.18 Å². The highest BCUT2D eigenvalue weighted by molar-refractivity contribution is 5.90. The lowest BCUT2D eigenvalue weighted by molar-refractivity contribution is 0.252. The van der Waals surface area contributed by atoms with Gasteiger partial charge < -0.3 is 15.4 Å². The van der Waals surface area contributed by atoms with Gasteiger partial charge in [0.1, 0.15) is 18.2 Å². The first-order valence-corrected chi connectivity index (χ1v) is 9.60. The Hall–Kier alpha value is -3.85. The van der Waals surface area contributed by atoms with Crippen LogP contribution in [0.4, 0.5) is 14.9 Å². The van der Waals surface area contributed by atoms with Crippen molar-refractivity contribution in [2.45, 2.75) is 19.4 Å². The molecule has 3 aromatic rings. The van der Waals surface area contributed by atoms with Gasteiger partial charge in [-0.2, -0.15) is 5.26 Å². The standard InChI is InChI=1S/C24H22FN3O2/c25-21-9-5-19(6-10-21)14-16-27-24(29)28-23-4-2-1-3-20(23)17-30-22-11-7-18(8-12-22)13-15-26/h1-12H,13-14,16-17H2,(H2,27,28,29). The Morgan fingerprint density at radius 3 is 2.40 bits per heavy atom. The number of hydrogen-bond donors (Lipinski definition) is 2. The molecular weight excluding hydrogens is 381 g/mol. The SMILES string of the molecule is N#CCc1ccc(OCc2ccccc2NC(=O)NCCc2ccc(F)cc2)cc1. The number of para-hydroxylation sites is 1. The van der Waals surface area contributed by atoms with Crippen LogP contribution in [0.25, 0.3) is 0 Å². The Balaban J connectivity index is 1.50. The minimum atomic E-state index is -0.314. The fourth-order valence-electron chi connectivity index (χ4n) is 2.86. The van der Waals surface area contributed by atoms with Crippen molar-refractivity contribution in [3.63, 3.8) is 0 Å². The topological polar surface area (TPSA) is 74.1 Å². The van der Waals surface area contributed by atoms with Crippen molar-refractivity contribution < 1.29 is 13.9 Å². The van der Waals surface area contributed by atoms with Crippen molar-refractivity contribution in [1.29, 1.82) is 5.26 Å². The Labute approximate surface area is 175 Å². The normalized spacial score (nSPS) is 10.1. The molecule has 0 aliphatic rings. The Bertz CT molecular complexity index is 1010. The first kappa shape index (κ1) is 20.9. The van der Waals surface area contributed by atoms with Crippen LogP contribution in [0.5, 0.6) is 5.75 Å². The van der Waals surface area contributed by atoms with E-state index >= 15 is 0 Å². The molecule has 2 amide bonds. The Morgan fingerprint density at radius 1 is 0.967 bits per heavy atom. The number of nitriles is 1. The fraction of sp³-hybridized carbons (Fsp3) is 0.167. The zero-order valence-corrected chi connectivity index (χ0v) is 16.4. The van der Waals surface area contributed by atoms with E-state index in [2.05, 4.69) is 16.7 Å². The van der Waals surface area contributed by atoms with E-state index in [9.17, 15) is 9.18 Å². The van der Waals surface area contributed by atoms with Gasteiger partial charge in [0, 0.05) is 17.8 Å². The van der Waals surface area contributed by atoms with Gasteiger partial charge in [-0.1, -0.05) is 42.5 Å². The summed E-state index contributed by atoms with van der Waals surface area (Å²) in [5.74, 6) is 0.414. The number of amides is 2. The molecule has 0 fully saturated rings. The summed E-state index contributed by atoms with van der Waals surface area (Å²) in [6.45, 7) is 0.731. The summed E-state index contributed by atoms with van der Waals surface area (Å²) in [6, 6.07) is 22.8. The summed E-state index contributed by atoms with van der Waals surface area (Å²) in [5, 5.41) is 14.4. The summed E-state index contributed by atoms with van der Waals surface area (Å²) in [7, 11) is 0. The summed E-state index contributed by atoms with van der Waals surface area (Å²) < 4.78 is 18.7. The molecule has 0 spiro atoms. The second-order valence-electron chi connectivity index (χ2n) is 6.68. The van der Waals surface area contributed by atoms with Crippen LogP contribution < -0.4 is 15.4 Å². The molecule has 0 saturated carbocycles. The van der Waals surface area contributed by atoms with E-state index in [4.69, 9.17) is 10.00 Å². The number of nitrogens with one attached hydrogen (secondary N) is 2. The number of ether oxygens (including phenoxy) is 1. The Kier molecular flexibility index (Phi) is 7.39. The predicted octanol–water partition coefficient (Wildman–Crippen LogP) is 4.83. The van der Waals surface area contributed by atoms with Gasteiger partial charge in [0.25, 0.3) is 0 Å². The zero-order chi connectivity index (χ0) is 21.2. The number of carbonyl (C=O) groups excluding carboxylic acids is 1. The number of urea groups is 1. The number of halogens is 1. The minimum Gasteiger partial charge on any atom is -0.489 e. The molecule has 3 rings (SSSR count). The highest BCUT2D eigenvalue weighted by Crippen LogP contribution is 2.19. The monoisotopic (exact) mass is 403 g/mol. The van der Waals surface area contributed by atoms with Crippen molar-refractivity contribution in [1.82, 2.24) is 5.32 Å². The first-order valence-electron chi connectivity index (χ1n) is 9.60. The number of benzene rings is 3. The van der Waals surface area contributed by atoms with E-state index in [1.807, 2.05) is 48.5 Å². The molecule has 0 aliphatic heterocycles. The van der Waals surface area contributed by atoms with Crippen molar-refractivity contribution >= 4 is 11.7 Å². The molecule has 152 valence electrons. The van der Waals surface area contributed by atoms with Gasteiger partial charge in [-0.05, 0) is 47.9 Å². The highest BCUT2D eigenvalue weighted by atomic mass is 19.1. The van der Waals surface area contributed by atoms with Crippen LogP contribution >= 0.6 is 0 Å². The van der Waals surface area contributed by atoms with E-state index in [1.54, 1.807) is 12.1 Å². The van der Waals surface area contributed by atoms with Gasteiger partial charge in [-0.3, -0.25) is 0 Å². The third kappa shape index (κ3) is 6.35. The molecule has 0 aromatic heterocycles. The van der Waals surface area contributed by atoms with E-state index in [0.29, 0.717) is 37.4 Å². The third-order valence-corrected chi connectivity index (χ3v) is 4.48. The van der Waals surface area contributed by atoms with E-state index in [1.165, 1.54) is 12.1 Å². The molecule has 0 radical (unpaired) electrons. The molecular formula is C24H22FN3O2. The molecule has 0 aliphatic carbocycles. The zero-order valence-electron chi connectivity index (χ0n) is 16.4. The number of rotatable bonds is 8. The van der Waals surface area contributed by atoms with Crippen molar-refractivity contribution in [2.75, 3.05) is 11.9 Å². The first-order chi connectivity index (χ1) is 14.6. The molecule has 0 heterocycles. The largest absolute Gasteiger partial charge is 0.489 e. The maximum Gasteiger partial charge on any atom is 0.319 e. The molecule has 5 nitrogen and oxygen atoms in total. The smallest absolute Gasteiger partial charge is 0.319 e. The van der Waals surface area contributed by atoms with Crippen LogP contribution in [0.1, 0.15) is 16.7 Å². The van der Waals surface area contributed by atoms with Crippen LogP contribution in [-0.4, -0.2) is 12.6 Å². The van der Waals surface area contributed by atoms with Crippen LogP contribution in [0.3, 0.4) is 0 Å². The molecule has 30 heavy (non-hydrogen) atoms. The number of anilines is 1. The third-order valence-electron chi connectivity index (χ3n) is 4.48. The second-order valence-corrected chi connectivity index (χ2v) is 6.68. The molecule has 0 unspecified atom stereocenters. The average Bonchev–Trinajstić information content (AvgIpc) is 2.76. The maximum atomic E-state index is 12.9. The molecule has 2 N–H and O–H groups in total.